The molecule has 0 spiro atoms. The van der Waals surface area contributed by atoms with Crippen molar-refractivity contribution in [2.45, 2.75) is 26.4 Å². The Morgan fingerprint density at radius 2 is 2.07 bits per heavy atom. The van der Waals surface area contributed by atoms with Crippen molar-refractivity contribution in [2.24, 2.45) is 0 Å². The predicted molar refractivity (Wildman–Crippen MR) is 54.5 cm³/mol. The van der Waals surface area contributed by atoms with E-state index in [0.717, 1.165) is 11.1 Å². The normalized spacial score (nSPS) is 15.8. The minimum atomic E-state index is 0.105. The quantitative estimate of drug-likeness (QED) is 0.680. The van der Waals surface area contributed by atoms with Crippen molar-refractivity contribution in [1.29, 1.82) is 0 Å². The fourth-order valence-electron chi connectivity index (χ4n) is 1.67. The van der Waals surface area contributed by atoms with Crippen LogP contribution < -0.4 is 0 Å². The molecule has 1 aliphatic rings. The summed E-state index contributed by atoms with van der Waals surface area (Å²) in [5.41, 5.74) is 3.09. The van der Waals surface area contributed by atoms with Gasteiger partial charge < -0.3 is 4.74 Å². The van der Waals surface area contributed by atoms with Crippen molar-refractivity contribution in [3.63, 3.8) is 0 Å². The van der Waals surface area contributed by atoms with Gasteiger partial charge in [-0.1, -0.05) is 26.0 Å². The Labute approximate surface area is 83.9 Å². The topological polar surface area (TPSA) is 26.3 Å². The molecule has 0 atom stereocenters. The Morgan fingerprint density at radius 1 is 1.29 bits per heavy atom. The molecule has 0 saturated heterocycles. The van der Waals surface area contributed by atoms with Gasteiger partial charge in [0.1, 0.15) is 6.61 Å². The van der Waals surface area contributed by atoms with Crippen molar-refractivity contribution < 1.29 is 9.53 Å². The highest BCUT2D eigenvalue weighted by molar-refractivity contribution is 5.99. The summed E-state index contributed by atoms with van der Waals surface area (Å²) in [6.45, 7) is 5.06. The van der Waals surface area contributed by atoms with Gasteiger partial charge >= 0.3 is 0 Å². The van der Waals surface area contributed by atoms with Crippen LogP contribution >= 0.6 is 0 Å². The molecule has 0 N–H and O–H groups in total. The van der Waals surface area contributed by atoms with Crippen LogP contribution in [0.4, 0.5) is 0 Å². The largest absolute Gasteiger partial charge is 0.369 e. The van der Waals surface area contributed by atoms with Crippen LogP contribution in [0, 0.1) is 0 Å². The molecule has 2 heteroatoms. The number of hydrogen-bond donors (Lipinski definition) is 0. The molecular weight excluding hydrogens is 176 g/mol. The molecule has 0 amide bonds. The van der Waals surface area contributed by atoms with Gasteiger partial charge in [0, 0.05) is 5.56 Å². The van der Waals surface area contributed by atoms with Crippen molar-refractivity contribution in [2.75, 3.05) is 6.61 Å². The lowest BCUT2D eigenvalue weighted by atomic mass is 9.95. The third-order valence-corrected chi connectivity index (χ3v) is 2.59. The van der Waals surface area contributed by atoms with Crippen LogP contribution in [0.1, 0.15) is 41.3 Å². The van der Waals surface area contributed by atoms with Crippen molar-refractivity contribution in [3.05, 3.63) is 34.9 Å². The molecule has 74 valence electrons. The van der Waals surface area contributed by atoms with Gasteiger partial charge in [-0.2, -0.15) is 0 Å². The second kappa shape index (κ2) is 3.54. The molecule has 1 aromatic rings. The Morgan fingerprint density at radius 3 is 2.79 bits per heavy atom. The van der Waals surface area contributed by atoms with E-state index in [1.807, 2.05) is 12.1 Å². The molecule has 1 heterocycles. The third kappa shape index (κ3) is 1.58. The number of rotatable bonds is 1. The number of hydrogen-bond acceptors (Lipinski definition) is 2. The maximum absolute atomic E-state index is 11.5. The van der Waals surface area contributed by atoms with Gasteiger partial charge in [0.15, 0.2) is 5.78 Å². The SMILES string of the molecule is CC(C)c1ccc2c(c1)C(=O)COC2. The molecule has 0 aromatic heterocycles. The van der Waals surface area contributed by atoms with Crippen LogP contribution in [0.25, 0.3) is 0 Å². The van der Waals surface area contributed by atoms with Crippen molar-refractivity contribution in [3.8, 4) is 0 Å². The molecule has 0 bridgehead atoms. The maximum atomic E-state index is 11.5. The van der Waals surface area contributed by atoms with E-state index in [-0.39, 0.29) is 12.4 Å². The predicted octanol–water partition coefficient (Wildman–Crippen LogP) is 2.52. The lowest BCUT2D eigenvalue weighted by Crippen LogP contribution is -2.18. The molecule has 0 radical (unpaired) electrons. The number of ether oxygens (including phenoxy) is 1. The zero-order chi connectivity index (χ0) is 10.1. The summed E-state index contributed by atoms with van der Waals surface area (Å²) < 4.78 is 5.16. The molecule has 1 aromatic carbocycles. The Balaban J connectivity index is 2.46. The van der Waals surface area contributed by atoms with E-state index in [4.69, 9.17) is 4.74 Å². The number of Topliss-reactive ketones (excluding diaryl/α,β-unsaturated/α-hetero) is 1. The van der Waals surface area contributed by atoms with Crippen molar-refractivity contribution in [1.82, 2.24) is 0 Å². The summed E-state index contributed by atoms with van der Waals surface area (Å²) in [6, 6.07) is 6.08. The van der Waals surface area contributed by atoms with Crippen molar-refractivity contribution >= 4 is 5.78 Å². The highest BCUT2D eigenvalue weighted by Crippen LogP contribution is 2.22. The summed E-state index contributed by atoms with van der Waals surface area (Å²) in [5, 5.41) is 0. The number of ketones is 1. The molecule has 14 heavy (non-hydrogen) atoms. The monoisotopic (exact) mass is 190 g/mol. The van der Waals surface area contributed by atoms with Gasteiger partial charge in [0.25, 0.3) is 0 Å². The van der Waals surface area contributed by atoms with E-state index >= 15 is 0 Å². The van der Waals surface area contributed by atoms with E-state index in [2.05, 4.69) is 19.9 Å². The maximum Gasteiger partial charge on any atom is 0.188 e. The first-order valence-corrected chi connectivity index (χ1v) is 4.92. The summed E-state index contributed by atoms with van der Waals surface area (Å²) in [6.07, 6.45) is 0. The molecule has 1 aliphatic heterocycles. The van der Waals surface area contributed by atoms with Gasteiger partial charge in [0.05, 0.1) is 6.61 Å². The van der Waals surface area contributed by atoms with Crippen LogP contribution in [0.2, 0.25) is 0 Å². The van der Waals surface area contributed by atoms with Crippen LogP contribution in [-0.2, 0) is 11.3 Å². The zero-order valence-electron chi connectivity index (χ0n) is 8.54. The lowest BCUT2D eigenvalue weighted by molar-refractivity contribution is 0.0665. The number of fused-ring (bicyclic) bond motifs is 1. The first kappa shape index (κ1) is 9.41. The standard InChI is InChI=1S/C12H14O2/c1-8(2)9-3-4-10-6-14-7-12(13)11(10)5-9/h3-5,8H,6-7H2,1-2H3. The molecule has 0 aliphatic carbocycles. The van der Waals surface area contributed by atoms with E-state index in [9.17, 15) is 4.79 Å². The first-order chi connectivity index (χ1) is 6.68. The van der Waals surface area contributed by atoms with Crippen LogP contribution in [0.3, 0.4) is 0 Å². The smallest absolute Gasteiger partial charge is 0.188 e. The molecule has 2 nitrogen and oxygen atoms in total. The molecule has 2 rings (SSSR count). The highest BCUT2D eigenvalue weighted by Gasteiger charge is 2.17. The van der Waals surface area contributed by atoms with E-state index < -0.39 is 0 Å². The van der Waals surface area contributed by atoms with Gasteiger partial charge in [-0.25, -0.2) is 0 Å². The fraction of sp³-hybridized carbons (Fsp3) is 0.417. The number of carbonyl (C=O) groups is 1. The minimum absolute atomic E-state index is 0.105. The molecule has 0 saturated carbocycles. The number of carbonyl (C=O) groups excluding carboxylic acids is 1. The summed E-state index contributed by atoms with van der Waals surface area (Å²) in [4.78, 5) is 11.5. The minimum Gasteiger partial charge on any atom is -0.369 e. The molecular formula is C12H14O2. The van der Waals surface area contributed by atoms with E-state index in [1.165, 1.54) is 5.56 Å². The molecule has 0 unspecified atom stereocenters. The average Bonchev–Trinajstić information content (AvgIpc) is 2.18. The lowest BCUT2D eigenvalue weighted by Gasteiger charge is -2.17. The fourth-order valence-corrected chi connectivity index (χ4v) is 1.67. The average molecular weight is 190 g/mol. The van der Waals surface area contributed by atoms with E-state index in [1.54, 1.807) is 0 Å². The van der Waals surface area contributed by atoms with Crippen LogP contribution in [0.15, 0.2) is 18.2 Å². The van der Waals surface area contributed by atoms with E-state index in [0.29, 0.717) is 12.5 Å². The summed E-state index contributed by atoms with van der Waals surface area (Å²) in [5.74, 6) is 0.574. The summed E-state index contributed by atoms with van der Waals surface area (Å²) >= 11 is 0. The molecule has 0 fully saturated rings. The van der Waals surface area contributed by atoms with Gasteiger partial charge in [0.2, 0.25) is 0 Å². The van der Waals surface area contributed by atoms with Crippen LogP contribution in [-0.4, -0.2) is 12.4 Å². The Hall–Kier alpha value is -1.15. The number of benzene rings is 1. The second-order valence-corrected chi connectivity index (χ2v) is 3.99. The van der Waals surface area contributed by atoms with Gasteiger partial charge in [-0.3, -0.25) is 4.79 Å². The van der Waals surface area contributed by atoms with Crippen LogP contribution in [0.5, 0.6) is 0 Å². The zero-order valence-corrected chi connectivity index (χ0v) is 8.54. The second-order valence-electron chi connectivity index (χ2n) is 3.99. The van der Waals surface area contributed by atoms with Gasteiger partial charge in [-0.15, -0.1) is 0 Å². The summed E-state index contributed by atoms with van der Waals surface area (Å²) in [7, 11) is 0. The Kier molecular flexibility index (Phi) is 2.38. The first-order valence-electron chi connectivity index (χ1n) is 4.92. The highest BCUT2D eigenvalue weighted by atomic mass is 16.5. The van der Waals surface area contributed by atoms with Gasteiger partial charge in [-0.05, 0) is 23.1 Å². The third-order valence-electron chi connectivity index (χ3n) is 2.59. The Bertz CT molecular complexity index is 367.